The predicted octanol–water partition coefficient (Wildman–Crippen LogP) is 3.86. The summed E-state index contributed by atoms with van der Waals surface area (Å²) in [6.07, 6.45) is 0. The Morgan fingerprint density at radius 2 is 2.20 bits per heavy atom. The first-order chi connectivity index (χ1) is 9.60. The van der Waals surface area contributed by atoms with Gasteiger partial charge >= 0.3 is 0 Å². The lowest BCUT2D eigenvalue weighted by atomic mass is 10.4. The quantitative estimate of drug-likeness (QED) is 0.536. The Labute approximate surface area is 144 Å². The highest BCUT2D eigenvalue weighted by Gasteiger charge is 2.10. The van der Waals surface area contributed by atoms with E-state index in [1.807, 2.05) is 12.1 Å². The molecule has 0 amide bonds. The van der Waals surface area contributed by atoms with Gasteiger partial charge in [-0.05, 0) is 40.8 Å². The number of nitrogen functional groups attached to an aromatic ring is 1. The van der Waals surface area contributed by atoms with Gasteiger partial charge in [0.25, 0.3) is 0 Å². The lowest BCUT2D eigenvalue weighted by Crippen LogP contribution is -2.07. The number of benzene rings is 1. The van der Waals surface area contributed by atoms with Crippen LogP contribution in [-0.2, 0) is 17.1 Å². The second-order valence-corrected chi connectivity index (χ2v) is 7.01. The maximum absolute atomic E-state index is 5.91. The highest BCUT2D eigenvalue weighted by Crippen LogP contribution is 2.25. The molecule has 2 aromatic rings. The number of methoxy groups -OCH3 is 1. The minimum absolute atomic E-state index is 0.444. The molecule has 0 saturated heterocycles. The molecule has 0 bridgehead atoms. The molecule has 2 rings (SSSR count). The number of nitrogens with zero attached hydrogens (tertiary/aromatic N) is 2. The second-order valence-electron chi connectivity index (χ2n) is 3.96. The molecule has 20 heavy (non-hydrogen) atoms. The average molecular weight is 466 g/mol. The molecule has 2 N–H and O–H groups in total. The van der Waals surface area contributed by atoms with E-state index in [4.69, 9.17) is 10.5 Å². The SMILES string of the molecule is COCc1nc(CSc2cccc(Br)c2)nc(N)c1I. The minimum atomic E-state index is 0.444. The number of hydrogen-bond acceptors (Lipinski definition) is 5. The summed E-state index contributed by atoms with van der Waals surface area (Å²) in [5.41, 5.74) is 6.75. The average Bonchev–Trinajstić information content (AvgIpc) is 2.42. The zero-order chi connectivity index (χ0) is 14.5. The van der Waals surface area contributed by atoms with E-state index in [1.165, 1.54) is 0 Å². The molecule has 0 radical (unpaired) electrons. The number of ether oxygens (including phenoxy) is 1. The fourth-order valence-electron chi connectivity index (χ4n) is 1.57. The summed E-state index contributed by atoms with van der Waals surface area (Å²) in [5.74, 6) is 1.91. The van der Waals surface area contributed by atoms with Crippen LogP contribution in [0.2, 0.25) is 0 Å². The molecule has 106 valence electrons. The fraction of sp³-hybridized carbons (Fsp3) is 0.231. The Bertz CT molecular complexity index is 612. The van der Waals surface area contributed by atoms with E-state index < -0.39 is 0 Å². The number of rotatable bonds is 5. The van der Waals surface area contributed by atoms with Gasteiger partial charge in [-0.3, -0.25) is 0 Å². The van der Waals surface area contributed by atoms with Crippen LogP contribution in [0.4, 0.5) is 5.82 Å². The third kappa shape index (κ3) is 4.31. The van der Waals surface area contributed by atoms with E-state index >= 15 is 0 Å². The Hall–Kier alpha value is -0.380. The molecule has 1 aromatic carbocycles. The van der Waals surface area contributed by atoms with Gasteiger partial charge in [0.05, 0.1) is 21.6 Å². The van der Waals surface area contributed by atoms with Gasteiger partial charge in [0, 0.05) is 16.5 Å². The van der Waals surface area contributed by atoms with Crippen molar-refractivity contribution >= 4 is 56.1 Å². The van der Waals surface area contributed by atoms with Crippen LogP contribution < -0.4 is 5.73 Å². The monoisotopic (exact) mass is 465 g/mol. The number of hydrogen-bond donors (Lipinski definition) is 1. The molecule has 0 aliphatic carbocycles. The van der Waals surface area contributed by atoms with E-state index in [9.17, 15) is 0 Å². The molecule has 1 heterocycles. The Morgan fingerprint density at radius 3 is 2.90 bits per heavy atom. The molecule has 0 spiro atoms. The molecule has 7 heteroatoms. The van der Waals surface area contributed by atoms with Gasteiger partial charge in [-0.2, -0.15) is 0 Å². The van der Waals surface area contributed by atoms with E-state index in [0.717, 1.165) is 24.5 Å². The van der Waals surface area contributed by atoms with E-state index in [-0.39, 0.29) is 0 Å². The first-order valence-corrected chi connectivity index (χ1v) is 8.64. The summed E-state index contributed by atoms with van der Waals surface area (Å²) in [6, 6.07) is 8.13. The number of halogens is 2. The summed E-state index contributed by atoms with van der Waals surface area (Å²) in [7, 11) is 1.64. The Morgan fingerprint density at radius 1 is 1.40 bits per heavy atom. The van der Waals surface area contributed by atoms with E-state index in [1.54, 1.807) is 18.9 Å². The van der Waals surface area contributed by atoms with Gasteiger partial charge in [0.15, 0.2) is 0 Å². The van der Waals surface area contributed by atoms with Crippen LogP contribution in [0.1, 0.15) is 11.5 Å². The summed E-state index contributed by atoms with van der Waals surface area (Å²) in [5, 5.41) is 0. The van der Waals surface area contributed by atoms with Gasteiger partial charge in [-0.15, -0.1) is 11.8 Å². The van der Waals surface area contributed by atoms with Gasteiger partial charge in [-0.1, -0.05) is 22.0 Å². The molecule has 0 aliphatic heterocycles. The van der Waals surface area contributed by atoms with Crippen LogP contribution in [0, 0.1) is 3.57 Å². The molecule has 1 aromatic heterocycles. The van der Waals surface area contributed by atoms with Crippen molar-refractivity contribution < 1.29 is 4.74 Å². The molecule has 0 atom stereocenters. The summed E-state index contributed by atoms with van der Waals surface area (Å²) >= 11 is 7.28. The first-order valence-electron chi connectivity index (χ1n) is 5.78. The second kappa shape index (κ2) is 7.58. The summed E-state index contributed by atoms with van der Waals surface area (Å²) in [6.45, 7) is 0.444. The van der Waals surface area contributed by atoms with Gasteiger partial charge in [0.2, 0.25) is 0 Å². The lowest BCUT2D eigenvalue weighted by molar-refractivity contribution is 0.180. The van der Waals surface area contributed by atoms with Crippen molar-refractivity contribution in [3.05, 3.63) is 43.8 Å². The zero-order valence-electron chi connectivity index (χ0n) is 10.8. The van der Waals surface area contributed by atoms with E-state index in [2.05, 4.69) is 60.6 Å². The number of aromatic nitrogens is 2. The van der Waals surface area contributed by atoms with Crippen LogP contribution in [0.5, 0.6) is 0 Å². The molecule has 0 aliphatic rings. The van der Waals surface area contributed by atoms with Gasteiger partial charge in [0.1, 0.15) is 11.6 Å². The third-order valence-corrected chi connectivity index (χ3v) is 5.10. The maximum atomic E-state index is 5.91. The Kier molecular flexibility index (Phi) is 6.06. The summed E-state index contributed by atoms with van der Waals surface area (Å²) in [4.78, 5) is 9.99. The largest absolute Gasteiger partial charge is 0.383 e. The smallest absolute Gasteiger partial charge is 0.141 e. The highest BCUT2D eigenvalue weighted by molar-refractivity contribution is 14.1. The normalized spacial score (nSPS) is 10.8. The van der Waals surface area contributed by atoms with Gasteiger partial charge < -0.3 is 10.5 Å². The number of anilines is 1. The zero-order valence-corrected chi connectivity index (χ0v) is 15.3. The van der Waals surface area contributed by atoms with Gasteiger partial charge in [-0.25, -0.2) is 9.97 Å². The Balaban J connectivity index is 2.13. The number of nitrogens with two attached hydrogens (primary N) is 1. The van der Waals surface area contributed by atoms with Crippen LogP contribution in [0.25, 0.3) is 0 Å². The van der Waals surface area contributed by atoms with Crippen molar-refractivity contribution in [1.82, 2.24) is 9.97 Å². The predicted molar refractivity (Wildman–Crippen MR) is 93.6 cm³/mol. The van der Waals surface area contributed by atoms with Crippen molar-refractivity contribution in [3.63, 3.8) is 0 Å². The first kappa shape index (κ1) is 16.0. The molecular formula is C13H13BrIN3OS. The highest BCUT2D eigenvalue weighted by atomic mass is 127. The van der Waals surface area contributed by atoms with Crippen molar-refractivity contribution in [2.45, 2.75) is 17.3 Å². The van der Waals surface area contributed by atoms with E-state index in [0.29, 0.717) is 18.2 Å². The van der Waals surface area contributed by atoms with Crippen molar-refractivity contribution in [1.29, 1.82) is 0 Å². The fourth-order valence-corrected chi connectivity index (χ4v) is 3.33. The molecule has 0 unspecified atom stereocenters. The topological polar surface area (TPSA) is 61.0 Å². The molecule has 4 nitrogen and oxygen atoms in total. The lowest BCUT2D eigenvalue weighted by Gasteiger charge is -2.08. The minimum Gasteiger partial charge on any atom is -0.383 e. The van der Waals surface area contributed by atoms with Crippen LogP contribution in [-0.4, -0.2) is 17.1 Å². The molecule has 0 saturated carbocycles. The molecular weight excluding hydrogens is 453 g/mol. The standard InChI is InChI=1S/C13H13BrIN3OS/c1-19-6-10-12(15)13(16)18-11(17-10)7-20-9-4-2-3-8(14)5-9/h2-5H,6-7H2,1H3,(H2,16,17,18). The third-order valence-electron chi connectivity index (χ3n) is 2.44. The van der Waals surface area contributed by atoms with Crippen molar-refractivity contribution in [2.75, 3.05) is 12.8 Å². The van der Waals surface area contributed by atoms with Crippen LogP contribution in [0.3, 0.4) is 0 Å². The summed E-state index contributed by atoms with van der Waals surface area (Å²) < 4.78 is 7.06. The van der Waals surface area contributed by atoms with Crippen LogP contribution in [0.15, 0.2) is 33.6 Å². The van der Waals surface area contributed by atoms with Crippen LogP contribution >= 0.6 is 50.3 Å². The maximum Gasteiger partial charge on any atom is 0.141 e. The number of thioether (sulfide) groups is 1. The van der Waals surface area contributed by atoms with Crippen molar-refractivity contribution in [3.8, 4) is 0 Å². The van der Waals surface area contributed by atoms with Crippen molar-refractivity contribution in [2.24, 2.45) is 0 Å². The molecule has 0 fully saturated rings.